The Morgan fingerprint density at radius 1 is 1.08 bits per heavy atom. The second-order valence-corrected chi connectivity index (χ2v) is 5.73. The molecule has 0 aromatic carbocycles. The number of rotatable bonds is 12. The Morgan fingerprint density at radius 2 is 1.76 bits per heavy atom. The van der Waals surface area contributed by atoms with Gasteiger partial charge in [-0.3, -0.25) is 14.6 Å². The first-order chi connectivity index (χ1) is 12.0. The van der Waals surface area contributed by atoms with Gasteiger partial charge < -0.3 is 27.1 Å². The molecule has 1 rings (SSSR count). The monoisotopic (exact) mass is 351 g/mol. The summed E-state index contributed by atoms with van der Waals surface area (Å²) >= 11 is 0. The fourth-order valence-electron chi connectivity index (χ4n) is 2.13. The summed E-state index contributed by atoms with van der Waals surface area (Å²) in [6.07, 6.45) is 7.22. The van der Waals surface area contributed by atoms with Crippen LogP contribution in [0, 0.1) is 0 Å². The molecule has 2 amide bonds. The van der Waals surface area contributed by atoms with Crippen molar-refractivity contribution in [2.75, 3.05) is 19.6 Å². The van der Waals surface area contributed by atoms with Crippen LogP contribution in [0.4, 0.5) is 0 Å². The number of aromatic nitrogens is 2. The molecule has 1 heterocycles. The van der Waals surface area contributed by atoms with E-state index in [1.165, 1.54) is 6.20 Å². The maximum absolute atomic E-state index is 12.0. The van der Waals surface area contributed by atoms with Gasteiger partial charge in [0.15, 0.2) is 11.8 Å². The van der Waals surface area contributed by atoms with Crippen LogP contribution >= 0.6 is 0 Å². The molecule has 0 unspecified atom stereocenters. The van der Waals surface area contributed by atoms with Crippen LogP contribution in [0.3, 0.4) is 0 Å². The topological polar surface area (TPSA) is 151 Å². The fraction of sp³-hybridized carbons (Fsp3) is 0.625. The number of imidazole rings is 1. The minimum absolute atomic E-state index is 0.0673. The van der Waals surface area contributed by atoms with Gasteiger partial charge in [-0.2, -0.15) is 0 Å². The second kappa shape index (κ2) is 11.9. The average molecular weight is 351 g/mol. The van der Waals surface area contributed by atoms with Gasteiger partial charge in [0.05, 0.1) is 6.20 Å². The highest BCUT2D eigenvalue weighted by Gasteiger charge is 2.13. The third kappa shape index (κ3) is 8.73. The number of H-pyrrole nitrogens is 1. The molecule has 0 aliphatic rings. The highest BCUT2D eigenvalue weighted by atomic mass is 16.2. The minimum Gasteiger partial charge on any atom is -0.370 e. The van der Waals surface area contributed by atoms with E-state index in [1.54, 1.807) is 0 Å². The molecular formula is C16H29N7O2. The Labute approximate surface area is 148 Å². The van der Waals surface area contributed by atoms with Crippen molar-refractivity contribution in [3.05, 3.63) is 17.7 Å². The van der Waals surface area contributed by atoms with Crippen molar-refractivity contribution in [3.63, 3.8) is 0 Å². The minimum atomic E-state index is -0.298. The fourth-order valence-corrected chi connectivity index (χ4v) is 2.13. The molecular weight excluding hydrogens is 322 g/mol. The van der Waals surface area contributed by atoms with E-state index < -0.39 is 0 Å². The van der Waals surface area contributed by atoms with E-state index in [9.17, 15) is 9.59 Å². The lowest BCUT2D eigenvalue weighted by Crippen LogP contribution is -2.27. The Kier molecular flexibility index (Phi) is 9.72. The molecule has 7 N–H and O–H groups in total. The summed E-state index contributed by atoms with van der Waals surface area (Å²) in [6.45, 7) is 3.77. The number of aliphatic imine (C=N–C) groups is 1. The molecule has 25 heavy (non-hydrogen) atoms. The highest BCUT2D eigenvalue weighted by Crippen LogP contribution is 2.00. The zero-order valence-electron chi connectivity index (χ0n) is 14.8. The van der Waals surface area contributed by atoms with Crippen LogP contribution in [0.5, 0.6) is 0 Å². The lowest BCUT2D eigenvalue weighted by Gasteiger charge is -2.03. The molecule has 9 heteroatoms. The molecule has 1 aromatic rings. The number of unbranched alkanes of at least 4 members (excludes halogenated alkanes) is 4. The maximum atomic E-state index is 12.0. The Hall–Kier alpha value is -2.58. The van der Waals surface area contributed by atoms with E-state index >= 15 is 0 Å². The number of carbonyl (C=O) groups excluding carboxylic acids is 2. The number of carbonyl (C=O) groups is 2. The lowest BCUT2D eigenvalue weighted by molar-refractivity contribution is 0.0943. The van der Waals surface area contributed by atoms with E-state index in [-0.39, 0.29) is 29.3 Å². The first-order valence-electron chi connectivity index (χ1n) is 8.71. The SMILES string of the molecule is CCCCCCNC(=O)c1ncc(C(=O)NCCCCN=C(N)N)[nH]1. The second-order valence-electron chi connectivity index (χ2n) is 5.73. The van der Waals surface area contributed by atoms with E-state index in [1.807, 2.05) is 0 Å². The van der Waals surface area contributed by atoms with Crippen LogP contribution in [0.2, 0.25) is 0 Å². The number of guanidine groups is 1. The molecule has 0 fully saturated rings. The molecule has 9 nitrogen and oxygen atoms in total. The summed E-state index contributed by atoms with van der Waals surface area (Å²) in [5, 5.41) is 5.54. The van der Waals surface area contributed by atoms with Crippen molar-refractivity contribution in [1.82, 2.24) is 20.6 Å². The van der Waals surface area contributed by atoms with Gasteiger partial charge in [-0.1, -0.05) is 26.2 Å². The molecule has 0 saturated carbocycles. The molecule has 0 aliphatic heterocycles. The normalized spacial score (nSPS) is 10.3. The number of nitrogens with zero attached hydrogens (tertiary/aromatic N) is 2. The lowest BCUT2D eigenvalue weighted by atomic mass is 10.2. The van der Waals surface area contributed by atoms with E-state index in [0.29, 0.717) is 19.6 Å². The van der Waals surface area contributed by atoms with Crippen molar-refractivity contribution in [2.24, 2.45) is 16.5 Å². The molecule has 0 bridgehead atoms. The van der Waals surface area contributed by atoms with Gasteiger partial charge in [0.1, 0.15) is 5.69 Å². The first kappa shape index (κ1) is 20.5. The van der Waals surface area contributed by atoms with Crippen molar-refractivity contribution < 1.29 is 9.59 Å². The first-order valence-corrected chi connectivity index (χ1v) is 8.71. The molecule has 0 saturated heterocycles. The zero-order chi connectivity index (χ0) is 18.5. The smallest absolute Gasteiger partial charge is 0.287 e. The van der Waals surface area contributed by atoms with Gasteiger partial charge in [0, 0.05) is 19.6 Å². The zero-order valence-corrected chi connectivity index (χ0v) is 14.8. The third-order valence-corrected chi connectivity index (χ3v) is 3.52. The van der Waals surface area contributed by atoms with Crippen LogP contribution < -0.4 is 22.1 Å². The van der Waals surface area contributed by atoms with E-state index in [2.05, 4.69) is 32.5 Å². The van der Waals surface area contributed by atoms with Crippen LogP contribution in [-0.4, -0.2) is 47.4 Å². The largest absolute Gasteiger partial charge is 0.370 e. The van der Waals surface area contributed by atoms with Gasteiger partial charge in [0.2, 0.25) is 0 Å². The number of hydrogen-bond acceptors (Lipinski definition) is 4. The third-order valence-electron chi connectivity index (χ3n) is 3.52. The summed E-state index contributed by atoms with van der Waals surface area (Å²) in [4.78, 5) is 34.5. The molecule has 1 aromatic heterocycles. The van der Waals surface area contributed by atoms with Crippen molar-refractivity contribution in [2.45, 2.75) is 45.4 Å². The van der Waals surface area contributed by atoms with E-state index in [0.717, 1.165) is 38.5 Å². The molecule has 0 radical (unpaired) electrons. The number of amides is 2. The Balaban J connectivity index is 2.27. The summed E-state index contributed by atoms with van der Waals surface area (Å²) in [5.74, 6) is -0.379. The highest BCUT2D eigenvalue weighted by molar-refractivity contribution is 5.95. The van der Waals surface area contributed by atoms with Crippen molar-refractivity contribution >= 4 is 17.8 Å². The van der Waals surface area contributed by atoms with Gasteiger partial charge in [-0.25, -0.2) is 4.98 Å². The molecule has 0 spiro atoms. The number of nitrogens with one attached hydrogen (secondary N) is 3. The number of nitrogens with two attached hydrogens (primary N) is 2. The van der Waals surface area contributed by atoms with Gasteiger partial charge >= 0.3 is 0 Å². The molecule has 140 valence electrons. The summed E-state index contributed by atoms with van der Waals surface area (Å²) in [7, 11) is 0. The standard InChI is InChI=1S/C16H29N7O2/c1-2-3-4-5-8-20-15(25)13-22-11-12(23-13)14(24)19-9-6-7-10-21-16(17)18/h11H,2-10H2,1H3,(H,19,24)(H,20,25)(H,22,23)(H4,17,18,21). The quantitative estimate of drug-likeness (QED) is 0.211. The maximum Gasteiger partial charge on any atom is 0.287 e. The summed E-state index contributed by atoms with van der Waals surface area (Å²) < 4.78 is 0. The Morgan fingerprint density at radius 3 is 2.44 bits per heavy atom. The van der Waals surface area contributed by atoms with Crippen LogP contribution in [-0.2, 0) is 0 Å². The van der Waals surface area contributed by atoms with Gasteiger partial charge in [-0.05, 0) is 19.3 Å². The predicted octanol–water partition coefficient (Wildman–Crippen LogP) is 0.503. The number of hydrogen-bond donors (Lipinski definition) is 5. The van der Waals surface area contributed by atoms with Gasteiger partial charge in [-0.15, -0.1) is 0 Å². The molecule has 0 aliphatic carbocycles. The molecule has 0 atom stereocenters. The predicted molar refractivity (Wildman–Crippen MR) is 97.3 cm³/mol. The van der Waals surface area contributed by atoms with Crippen molar-refractivity contribution in [1.29, 1.82) is 0 Å². The van der Waals surface area contributed by atoms with Crippen LogP contribution in [0.25, 0.3) is 0 Å². The Bertz CT molecular complexity index is 565. The summed E-state index contributed by atoms with van der Waals surface area (Å²) in [6, 6.07) is 0. The van der Waals surface area contributed by atoms with E-state index in [4.69, 9.17) is 11.5 Å². The average Bonchev–Trinajstić information content (AvgIpc) is 3.07. The van der Waals surface area contributed by atoms with Crippen LogP contribution in [0.15, 0.2) is 11.2 Å². The van der Waals surface area contributed by atoms with Crippen molar-refractivity contribution in [3.8, 4) is 0 Å². The van der Waals surface area contributed by atoms with Crippen LogP contribution in [0.1, 0.15) is 66.6 Å². The summed E-state index contributed by atoms with van der Waals surface area (Å²) in [5.41, 5.74) is 10.7. The number of aromatic amines is 1. The van der Waals surface area contributed by atoms with Gasteiger partial charge in [0.25, 0.3) is 11.8 Å².